The summed E-state index contributed by atoms with van der Waals surface area (Å²) in [6, 6.07) is 18.1. The summed E-state index contributed by atoms with van der Waals surface area (Å²) in [4.78, 5) is 0. The minimum Gasteiger partial charge on any atom is -0.367 e. The van der Waals surface area contributed by atoms with Gasteiger partial charge in [0, 0.05) is 5.56 Å². The molecule has 0 spiro atoms. The highest BCUT2D eigenvalue weighted by Gasteiger charge is 2.16. The molecule has 0 bridgehead atoms. The Hall–Kier alpha value is -2.55. The summed E-state index contributed by atoms with van der Waals surface area (Å²) >= 11 is 0. The third-order valence-corrected chi connectivity index (χ3v) is 3.07. The zero-order valence-electron chi connectivity index (χ0n) is 10.6. The van der Waals surface area contributed by atoms with Gasteiger partial charge in [0.05, 0.1) is 5.56 Å². The lowest BCUT2D eigenvalue weighted by Crippen LogP contribution is -1.88. The van der Waals surface area contributed by atoms with Crippen LogP contribution in [0.15, 0.2) is 59.1 Å². The van der Waals surface area contributed by atoms with E-state index in [0.29, 0.717) is 5.88 Å². The van der Waals surface area contributed by atoms with E-state index in [1.807, 2.05) is 42.5 Å². The van der Waals surface area contributed by atoms with Crippen LogP contribution in [0.4, 0.5) is 5.88 Å². The maximum atomic E-state index is 5.93. The molecule has 1 aromatic heterocycles. The molecule has 19 heavy (non-hydrogen) atoms. The zero-order valence-corrected chi connectivity index (χ0v) is 10.6. The first-order valence-electron chi connectivity index (χ1n) is 6.13. The van der Waals surface area contributed by atoms with Crippen LogP contribution in [-0.2, 0) is 0 Å². The number of nitrogen functional groups attached to an aromatic ring is 1. The van der Waals surface area contributed by atoms with Gasteiger partial charge in [0.1, 0.15) is 5.69 Å². The molecular weight excluding hydrogens is 236 g/mol. The first kappa shape index (κ1) is 11.5. The lowest BCUT2D eigenvalue weighted by Gasteiger charge is -2.03. The monoisotopic (exact) mass is 250 g/mol. The van der Waals surface area contributed by atoms with Crippen LogP contribution in [-0.4, -0.2) is 5.16 Å². The van der Waals surface area contributed by atoms with E-state index in [1.54, 1.807) is 0 Å². The number of nitrogens with two attached hydrogens (primary N) is 1. The average molecular weight is 250 g/mol. The number of aryl methyl sites for hydroxylation is 1. The van der Waals surface area contributed by atoms with Gasteiger partial charge in [-0.2, -0.15) is 0 Å². The Balaban J connectivity index is 2.20. The highest BCUT2D eigenvalue weighted by atomic mass is 16.5. The average Bonchev–Trinajstić information content (AvgIpc) is 2.82. The summed E-state index contributed by atoms with van der Waals surface area (Å²) in [5.41, 5.74) is 10.8. The lowest BCUT2D eigenvalue weighted by atomic mass is 10.00. The molecule has 3 heteroatoms. The molecule has 3 aromatic rings. The Kier molecular flexibility index (Phi) is 2.80. The van der Waals surface area contributed by atoms with Gasteiger partial charge in [-0.1, -0.05) is 65.3 Å². The molecule has 2 aromatic carbocycles. The molecule has 0 aliphatic carbocycles. The Morgan fingerprint density at radius 3 is 2.42 bits per heavy atom. The van der Waals surface area contributed by atoms with E-state index < -0.39 is 0 Å². The first-order valence-corrected chi connectivity index (χ1v) is 6.13. The van der Waals surface area contributed by atoms with Gasteiger partial charge in [-0.25, -0.2) is 0 Å². The van der Waals surface area contributed by atoms with Crippen LogP contribution in [0.2, 0.25) is 0 Å². The number of anilines is 1. The van der Waals surface area contributed by atoms with Gasteiger partial charge in [0.15, 0.2) is 0 Å². The number of hydrogen-bond donors (Lipinski definition) is 1. The second-order valence-electron chi connectivity index (χ2n) is 4.51. The van der Waals surface area contributed by atoms with Crippen LogP contribution < -0.4 is 5.73 Å². The quantitative estimate of drug-likeness (QED) is 0.750. The van der Waals surface area contributed by atoms with Crippen molar-refractivity contribution in [2.24, 2.45) is 0 Å². The number of hydrogen-bond acceptors (Lipinski definition) is 3. The van der Waals surface area contributed by atoms with Gasteiger partial charge in [-0.15, -0.1) is 0 Å². The van der Waals surface area contributed by atoms with E-state index in [2.05, 4.69) is 24.2 Å². The molecule has 0 fully saturated rings. The molecule has 0 amide bonds. The molecular formula is C16H14N2O. The van der Waals surface area contributed by atoms with E-state index in [4.69, 9.17) is 10.3 Å². The van der Waals surface area contributed by atoms with Crippen molar-refractivity contribution in [3.05, 3.63) is 60.2 Å². The maximum Gasteiger partial charge on any atom is 0.230 e. The van der Waals surface area contributed by atoms with Gasteiger partial charge in [-0.05, 0) is 12.5 Å². The Morgan fingerprint density at radius 2 is 1.68 bits per heavy atom. The summed E-state index contributed by atoms with van der Waals surface area (Å²) in [7, 11) is 0. The summed E-state index contributed by atoms with van der Waals surface area (Å²) in [6.45, 7) is 2.05. The number of rotatable bonds is 2. The van der Waals surface area contributed by atoms with Crippen molar-refractivity contribution in [2.45, 2.75) is 6.92 Å². The zero-order chi connectivity index (χ0) is 13.2. The van der Waals surface area contributed by atoms with E-state index in [1.165, 1.54) is 5.56 Å². The number of nitrogens with zero attached hydrogens (tertiary/aromatic N) is 1. The van der Waals surface area contributed by atoms with E-state index in [-0.39, 0.29) is 0 Å². The minimum atomic E-state index is 0.351. The summed E-state index contributed by atoms with van der Waals surface area (Å²) < 4.78 is 5.17. The van der Waals surface area contributed by atoms with Crippen molar-refractivity contribution in [3.63, 3.8) is 0 Å². The smallest absolute Gasteiger partial charge is 0.230 e. The SMILES string of the molecule is Cc1cccc(-c2c(-c3ccccc3)noc2N)c1. The standard InChI is InChI=1S/C16H14N2O/c1-11-6-5-9-13(10-11)14-15(18-19-16(14)17)12-7-3-2-4-8-12/h2-10H,17H2,1H3. The van der Waals surface area contributed by atoms with Crippen molar-refractivity contribution in [3.8, 4) is 22.4 Å². The van der Waals surface area contributed by atoms with Crippen molar-refractivity contribution in [1.29, 1.82) is 0 Å². The molecule has 2 N–H and O–H groups in total. The fourth-order valence-electron chi connectivity index (χ4n) is 2.18. The molecule has 3 rings (SSSR count). The molecule has 0 radical (unpaired) electrons. The summed E-state index contributed by atoms with van der Waals surface area (Å²) in [5, 5.41) is 4.09. The molecule has 94 valence electrons. The van der Waals surface area contributed by atoms with Crippen LogP contribution in [0, 0.1) is 6.92 Å². The fourth-order valence-corrected chi connectivity index (χ4v) is 2.18. The molecule has 3 nitrogen and oxygen atoms in total. The van der Waals surface area contributed by atoms with Gasteiger partial charge in [-0.3, -0.25) is 0 Å². The fraction of sp³-hybridized carbons (Fsp3) is 0.0625. The second-order valence-corrected chi connectivity index (χ2v) is 4.51. The van der Waals surface area contributed by atoms with Crippen molar-refractivity contribution >= 4 is 5.88 Å². The first-order chi connectivity index (χ1) is 9.25. The third kappa shape index (κ3) is 2.10. The van der Waals surface area contributed by atoms with E-state index in [0.717, 1.165) is 22.4 Å². The van der Waals surface area contributed by atoms with Gasteiger partial charge >= 0.3 is 0 Å². The van der Waals surface area contributed by atoms with Crippen LogP contribution >= 0.6 is 0 Å². The van der Waals surface area contributed by atoms with Crippen molar-refractivity contribution in [2.75, 3.05) is 5.73 Å². The third-order valence-electron chi connectivity index (χ3n) is 3.07. The molecule has 0 saturated carbocycles. The van der Waals surface area contributed by atoms with Crippen LogP contribution in [0.1, 0.15) is 5.56 Å². The predicted molar refractivity (Wildman–Crippen MR) is 76.5 cm³/mol. The molecule has 0 atom stereocenters. The number of aromatic nitrogens is 1. The van der Waals surface area contributed by atoms with Gasteiger partial charge in [0.25, 0.3) is 0 Å². The van der Waals surface area contributed by atoms with Crippen molar-refractivity contribution in [1.82, 2.24) is 5.16 Å². The number of benzene rings is 2. The molecule has 1 heterocycles. The van der Waals surface area contributed by atoms with Crippen LogP contribution in [0.3, 0.4) is 0 Å². The molecule has 0 saturated heterocycles. The highest BCUT2D eigenvalue weighted by molar-refractivity contribution is 5.86. The van der Waals surface area contributed by atoms with Gasteiger partial charge < -0.3 is 10.3 Å². The maximum absolute atomic E-state index is 5.93. The molecule has 0 aliphatic rings. The van der Waals surface area contributed by atoms with Gasteiger partial charge in [0.2, 0.25) is 5.88 Å². The topological polar surface area (TPSA) is 52.0 Å². The van der Waals surface area contributed by atoms with Crippen molar-refractivity contribution < 1.29 is 4.52 Å². The van der Waals surface area contributed by atoms with E-state index >= 15 is 0 Å². The van der Waals surface area contributed by atoms with Crippen LogP contribution in [0.5, 0.6) is 0 Å². The Morgan fingerprint density at radius 1 is 0.947 bits per heavy atom. The largest absolute Gasteiger partial charge is 0.367 e. The van der Waals surface area contributed by atoms with Crippen LogP contribution in [0.25, 0.3) is 22.4 Å². The Labute approximate surface area is 111 Å². The molecule has 0 unspecified atom stereocenters. The summed E-state index contributed by atoms with van der Waals surface area (Å²) in [6.07, 6.45) is 0. The summed E-state index contributed by atoms with van der Waals surface area (Å²) in [5.74, 6) is 0.351. The second kappa shape index (κ2) is 4.61. The predicted octanol–water partition coefficient (Wildman–Crippen LogP) is 3.90. The highest BCUT2D eigenvalue weighted by Crippen LogP contribution is 2.36. The Bertz CT molecular complexity index is 702. The molecule has 0 aliphatic heterocycles. The van der Waals surface area contributed by atoms with E-state index in [9.17, 15) is 0 Å². The lowest BCUT2D eigenvalue weighted by molar-refractivity contribution is 0.439. The minimum absolute atomic E-state index is 0.351. The normalized spacial score (nSPS) is 10.6.